The molecule has 220 valence electrons. The molecule has 0 spiro atoms. The third kappa shape index (κ3) is 11.5. The van der Waals surface area contributed by atoms with Crippen LogP contribution in [0.25, 0.3) is 0 Å². The number of rotatable bonds is 15. The first-order valence-electron chi connectivity index (χ1n) is 14.5. The maximum absolute atomic E-state index is 3.92. The van der Waals surface area contributed by atoms with Crippen molar-refractivity contribution in [1.29, 1.82) is 0 Å². The van der Waals surface area contributed by atoms with Crippen LogP contribution in [-0.4, -0.2) is 4.90 Å². The van der Waals surface area contributed by atoms with Crippen LogP contribution < -0.4 is 4.90 Å². The standard InChI is InChI=1S/C40H50N2/c1-11-17-25-38(23-14-4)41(37(16-6)22-13-3)35(9)31-29-33(7)34(8)30-32-36(10)42(40-27-20-19-21-28-40)39(24-15-5)26-18-12-2/h11-32H,2,5H2,1,3-4,6-10H3/b17-11-,22-13-,23-14-,26-18-,33-29+,34-30+,35-31+,36-32+,37-16+,38-25+,39-24+. The maximum Gasteiger partial charge on any atom is 0.0458 e. The van der Waals surface area contributed by atoms with Crippen molar-refractivity contribution in [2.45, 2.75) is 55.4 Å². The minimum Gasteiger partial charge on any atom is -0.315 e. The highest BCUT2D eigenvalue weighted by molar-refractivity contribution is 5.61. The van der Waals surface area contributed by atoms with E-state index in [4.69, 9.17) is 0 Å². The molecule has 0 aliphatic rings. The Morgan fingerprint density at radius 1 is 0.571 bits per heavy atom. The summed E-state index contributed by atoms with van der Waals surface area (Å²) in [7, 11) is 0. The predicted octanol–water partition coefficient (Wildman–Crippen LogP) is 11.8. The molecule has 0 radical (unpaired) electrons. The van der Waals surface area contributed by atoms with Crippen LogP contribution in [0.4, 0.5) is 5.69 Å². The number of benzene rings is 1. The number of anilines is 1. The van der Waals surface area contributed by atoms with Crippen LogP contribution >= 0.6 is 0 Å². The van der Waals surface area contributed by atoms with Gasteiger partial charge < -0.3 is 9.80 Å². The number of hydrogen-bond acceptors (Lipinski definition) is 2. The summed E-state index contributed by atoms with van der Waals surface area (Å²) < 4.78 is 0. The number of allylic oxidation sites excluding steroid dienone is 21. The lowest BCUT2D eigenvalue weighted by atomic mass is 10.1. The Kier molecular flexibility index (Phi) is 17.2. The van der Waals surface area contributed by atoms with Crippen molar-refractivity contribution >= 4 is 5.69 Å². The highest BCUT2D eigenvalue weighted by Gasteiger charge is 2.13. The molecule has 0 saturated heterocycles. The second-order valence-corrected chi connectivity index (χ2v) is 9.57. The minimum atomic E-state index is 1.01. The van der Waals surface area contributed by atoms with E-state index in [9.17, 15) is 0 Å². The largest absolute Gasteiger partial charge is 0.315 e. The van der Waals surface area contributed by atoms with Crippen LogP contribution in [-0.2, 0) is 0 Å². The summed E-state index contributed by atoms with van der Waals surface area (Å²) in [5.74, 6) is 0. The summed E-state index contributed by atoms with van der Waals surface area (Å²) >= 11 is 0. The van der Waals surface area contributed by atoms with Crippen LogP contribution in [0.15, 0.2) is 186 Å². The van der Waals surface area contributed by atoms with Crippen molar-refractivity contribution < 1.29 is 0 Å². The Bertz CT molecular complexity index is 1360. The normalized spacial score (nSPS) is 15.0. The highest BCUT2D eigenvalue weighted by Crippen LogP contribution is 2.26. The summed E-state index contributed by atoms with van der Waals surface area (Å²) in [4.78, 5) is 4.49. The Labute approximate surface area is 256 Å². The lowest BCUT2D eigenvalue weighted by Gasteiger charge is -2.28. The molecule has 0 fully saturated rings. The molecular formula is C40H50N2. The highest BCUT2D eigenvalue weighted by atomic mass is 15.2. The quantitative estimate of drug-likeness (QED) is 0.198. The second kappa shape index (κ2) is 20.3. The zero-order chi connectivity index (χ0) is 31.3. The Hall–Kier alpha value is -4.56. The van der Waals surface area contributed by atoms with Gasteiger partial charge in [-0.25, -0.2) is 0 Å². The molecule has 0 amide bonds. The number of nitrogens with zero attached hydrogens (tertiary/aromatic N) is 2. The van der Waals surface area contributed by atoms with Gasteiger partial charge in [0.25, 0.3) is 0 Å². The fourth-order valence-electron chi connectivity index (χ4n) is 4.13. The Morgan fingerprint density at radius 3 is 1.69 bits per heavy atom. The predicted molar refractivity (Wildman–Crippen MR) is 190 cm³/mol. The van der Waals surface area contributed by atoms with E-state index in [1.165, 1.54) is 11.1 Å². The van der Waals surface area contributed by atoms with Crippen molar-refractivity contribution in [3.05, 3.63) is 186 Å². The number of hydrogen-bond donors (Lipinski definition) is 0. The van der Waals surface area contributed by atoms with E-state index in [0.717, 1.165) is 34.2 Å². The first-order chi connectivity index (χ1) is 20.3. The average Bonchev–Trinajstić information content (AvgIpc) is 3.00. The molecule has 1 aromatic rings. The molecule has 2 heteroatoms. The van der Waals surface area contributed by atoms with Gasteiger partial charge in [-0.1, -0.05) is 92.1 Å². The van der Waals surface area contributed by atoms with Gasteiger partial charge in [0, 0.05) is 34.2 Å². The van der Waals surface area contributed by atoms with Crippen LogP contribution in [0.2, 0.25) is 0 Å². The average molecular weight is 559 g/mol. The van der Waals surface area contributed by atoms with E-state index in [-0.39, 0.29) is 0 Å². The summed E-state index contributed by atoms with van der Waals surface area (Å²) in [5.41, 5.74) is 8.89. The minimum absolute atomic E-state index is 1.01. The van der Waals surface area contributed by atoms with Crippen molar-refractivity contribution in [3.63, 3.8) is 0 Å². The van der Waals surface area contributed by atoms with E-state index in [2.05, 4.69) is 149 Å². The monoisotopic (exact) mass is 558 g/mol. The molecule has 2 nitrogen and oxygen atoms in total. The smallest absolute Gasteiger partial charge is 0.0458 e. The molecule has 0 aromatic heterocycles. The van der Waals surface area contributed by atoms with Gasteiger partial charge in [-0.15, -0.1) is 0 Å². The molecule has 0 atom stereocenters. The summed E-state index contributed by atoms with van der Waals surface area (Å²) in [6.45, 7) is 24.5. The second-order valence-electron chi connectivity index (χ2n) is 9.57. The Balaban J connectivity index is 3.55. The zero-order valence-electron chi connectivity index (χ0n) is 27.0. The molecule has 42 heavy (non-hydrogen) atoms. The first kappa shape index (κ1) is 35.5. The molecule has 0 saturated carbocycles. The lowest BCUT2D eigenvalue weighted by Crippen LogP contribution is -2.19. The molecule has 0 N–H and O–H groups in total. The van der Waals surface area contributed by atoms with Gasteiger partial charge in [-0.05, 0) is 121 Å². The van der Waals surface area contributed by atoms with E-state index in [1.54, 1.807) is 6.08 Å². The van der Waals surface area contributed by atoms with Crippen molar-refractivity contribution in [2.75, 3.05) is 4.90 Å². The summed E-state index contributed by atoms with van der Waals surface area (Å²) in [6, 6.07) is 10.3. The maximum atomic E-state index is 3.92. The van der Waals surface area contributed by atoms with Gasteiger partial charge >= 0.3 is 0 Å². The topological polar surface area (TPSA) is 6.48 Å². The summed E-state index contributed by atoms with van der Waals surface area (Å²) in [6.07, 6.45) is 35.1. The van der Waals surface area contributed by atoms with Gasteiger partial charge in [-0.3, -0.25) is 0 Å². The van der Waals surface area contributed by atoms with Gasteiger partial charge in [0.1, 0.15) is 0 Å². The van der Waals surface area contributed by atoms with Gasteiger partial charge in [-0.2, -0.15) is 0 Å². The molecule has 0 bridgehead atoms. The fourth-order valence-corrected chi connectivity index (χ4v) is 4.13. The van der Waals surface area contributed by atoms with Crippen LogP contribution in [0, 0.1) is 0 Å². The van der Waals surface area contributed by atoms with E-state index in [0.29, 0.717) is 0 Å². The molecular weight excluding hydrogens is 508 g/mol. The van der Waals surface area contributed by atoms with E-state index < -0.39 is 0 Å². The van der Waals surface area contributed by atoms with Crippen molar-refractivity contribution in [1.82, 2.24) is 4.90 Å². The van der Waals surface area contributed by atoms with Crippen molar-refractivity contribution in [3.8, 4) is 0 Å². The fraction of sp³-hybridized carbons (Fsp3) is 0.200. The van der Waals surface area contributed by atoms with Crippen LogP contribution in [0.5, 0.6) is 0 Å². The summed E-state index contributed by atoms with van der Waals surface area (Å²) in [5, 5.41) is 0. The first-order valence-corrected chi connectivity index (χ1v) is 14.5. The van der Waals surface area contributed by atoms with E-state index >= 15 is 0 Å². The molecule has 0 aliphatic carbocycles. The van der Waals surface area contributed by atoms with Crippen molar-refractivity contribution in [2.24, 2.45) is 0 Å². The number of para-hydroxylation sites is 1. The van der Waals surface area contributed by atoms with Crippen LogP contribution in [0.1, 0.15) is 55.4 Å². The van der Waals surface area contributed by atoms with Gasteiger partial charge in [0.15, 0.2) is 0 Å². The van der Waals surface area contributed by atoms with E-state index in [1.807, 2.05) is 57.2 Å². The SMILES string of the molecule is C=C/C=C\C(=C/C=C)N(/C(C)=C/C=C(C)/C(C)=C/C=C(\C)N(C(/C=C\C)=C/C)C(/C=C\C)=C/C=C\C)c1ccccc1. The molecule has 1 rings (SSSR count). The molecule has 0 aliphatic heterocycles. The lowest BCUT2D eigenvalue weighted by molar-refractivity contribution is 0.559. The zero-order valence-corrected chi connectivity index (χ0v) is 27.0. The molecule has 1 aromatic carbocycles. The molecule has 0 unspecified atom stereocenters. The Morgan fingerprint density at radius 2 is 1.17 bits per heavy atom. The van der Waals surface area contributed by atoms with Gasteiger partial charge in [0.05, 0.1) is 0 Å². The van der Waals surface area contributed by atoms with Gasteiger partial charge in [0.2, 0.25) is 0 Å². The molecule has 0 heterocycles. The third-order valence-corrected chi connectivity index (χ3v) is 6.39. The third-order valence-electron chi connectivity index (χ3n) is 6.39. The van der Waals surface area contributed by atoms with Crippen LogP contribution in [0.3, 0.4) is 0 Å².